The lowest BCUT2D eigenvalue weighted by atomic mass is 9.77. The summed E-state index contributed by atoms with van der Waals surface area (Å²) in [4.78, 5) is 0.182. The second-order valence-electron chi connectivity index (χ2n) is 9.41. The van der Waals surface area contributed by atoms with E-state index in [4.69, 9.17) is 11.6 Å². The number of halogens is 2. The van der Waals surface area contributed by atoms with Crippen molar-refractivity contribution in [3.8, 4) is 11.1 Å². The Kier molecular flexibility index (Phi) is 6.01. The van der Waals surface area contributed by atoms with Crippen molar-refractivity contribution in [2.45, 2.75) is 23.3 Å². The van der Waals surface area contributed by atoms with Crippen molar-refractivity contribution in [3.05, 3.63) is 125 Å². The molecule has 4 nitrogen and oxygen atoms in total. The SMILES string of the molecule is O=S(=O)(Nc1ccc(-c2ccccc2)cc1)c1ccc2c(c1)[C@H]1C=CC[C@H]1[C@@H](c1c(F)cccc1Cl)N2. The molecule has 0 saturated carbocycles. The maximum absolute atomic E-state index is 14.8. The summed E-state index contributed by atoms with van der Waals surface area (Å²) in [6.07, 6.45) is 4.90. The van der Waals surface area contributed by atoms with E-state index in [-0.39, 0.29) is 28.6 Å². The standard InChI is InChI=1S/C30H24ClFN2O2S/c31-26-10-5-11-27(32)29(26)30-24-9-4-8-23(24)25-18-22(16-17-28(25)33-30)37(35,36)34-21-14-12-20(13-15-21)19-6-2-1-3-7-19/h1-8,10-18,23-24,30,33-34H,9H2/t23-,24+,30-/m0/s1. The minimum Gasteiger partial charge on any atom is -0.378 e. The fourth-order valence-corrected chi connectivity index (χ4v) is 6.78. The van der Waals surface area contributed by atoms with Crippen molar-refractivity contribution in [1.29, 1.82) is 0 Å². The molecule has 6 rings (SSSR count). The van der Waals surface area contributed by atoms with Gasteiger partial charge in [0.2, 0.25) is 0 Å². The quantitative estimate of drug-likeness (QED) is 0.259. The van der Waals surface area contributed by atoms with Gasteiger partial charge in [-0.3, -0.25) is 4.72 Å². The van der Waals surface area contributed by atoms with Crippen molar-refractivity contribution >= 4 is 33.0 Å². The summed E-state index contributed by atoms with van der Waals surface area (Å²) in [6.45, 7) is 0. The lowest BCUT2D eigenvalue weighted by Crippen LogP contribution is -2.30. The third kappa shape index (κ3) is 4.41. The van der Waals surface area contributed by atoms with E-state index in [1.807, 2.05) is 42.5 Å². The van der Waals surface area contributed by atoms with Gasteiger partial charge in [0.1, 0.15) is 5.82 Å². The van der Waals surface area contributed by atoms with Crippen LogP contribution in [-0.2, 0) is 10.0 Å². The van der Waals surface area contributed by atoms with Gasteiger partial charge < -0.3 is 5.32 Å². The van der Waals surface area contributed by atoms with Gasteiger partial charge in [-0.15, -0.1) is 0 Å². The molecule has 2 aliphatic rings. The topological polar surface area (TPSA) is 58.2 Å². The highest BCUT2D eigenvalue weighted by Gasteiger charge is 2.40. The van der Waals surface area contributed by atoms with Crippen LogP contribution in [0.3, 0.4) is 0 Å². The lowest BCUT2D eigenvalue weighted by Gasteiger charge is -2.38. The van der Waals surface area contributed by atoms with E-state index in [9.17, 15) is 12.8 Å². The molecule has 1 aliphatic heterocycles. The van der Waals surface area contributed by atoms with Crippen molar-refractivity contribution in [2.75, 3.05) is 10.0 Å². The van der Waals surface area contributed by atoms with Crippen LogP contribution in [0, 0.1) is 11.7 Å². The van der Waals surface area contributed by atoms with Crippen LogP contribution in [-0.4, -0.2) is 8.42 Å². The molecule has 2 N–H and O–H groups in total. The molecule has 37 heavy (non-hydrogen) atoms. The molecule has 4 aromatic carbocycles. The summed E-state index contributed by atoms with van der Waals surface area (Å²) < 4.78 is 44.1. The number of hydrogen-bond donors (Lipinski definition) is 2. The third-order valence-corrected chi connectivity index (χ3v) is 8.91. The number of benzene rings is 4. The van der Waals surface area contributed by atoms with Gasteiger partial charge >= 0.3 is 0 Å². The molecule has 0 spiro atoms. The highest BCUT2D eigenvalue weighted by Crippen LogP contribution is 2.51. The molecule has 0 unspecified atom stereocenters. The van der Waals surface area contributed by atoms with Crippen LogP contribution >= 0.6 is 11.6 Å². The van der Waals surface area contributed by atoms with E-state index >= 15 is 0 Å². The molecule has 0 aromatic heterocycles. The van der Waals surface area contributed by atoms with Gasteiger partial charge in [-0.2, -0.15) is 0 Å². The smallest absolute Gasteiger partial charge is 0.261 e. The van der Waals surface area contributed by atoms with Gasteiger partial charge in [-0.25, -0.2) is 12.8 Å². The summed E-state index contributed by atoms with van der Waals surface area (Å²) in [7, 11) is -3.82. The van der Waals surface area contributed by atoms with E-state index < -0.39 is 10.0 Å². The summed E-state index contributed by atoms with van der Waals surface area (Å²) in [5, 5.41) is 3.82. The Balaban J connectivity index is 1.29. The molecule has 0 bridgehead atoms. The van der Waals surface area contributed by atoms with Crippen LogP contribution in [0.5, 0.6) is 0 Å². The van der Waals surface area contributed by atoms with E-state index in [0.717, 1.165) is 28.8 Å². The Morgan fingerprint density at radius 3 is 2.41 bits per heavy atom. The molecule has 7 heteroatoms. The summed E-state index contributed by atoms with van der Waals surface area (Å²) in [6, 6.07) is 26.7. The van der Waals surface area contributed by atoms with Gasteiger partial charge in [0, 0.05) is 27.9 Å². The van der Waals surface area contributed by atoms with Crippen LogP contribution in [0.4, 0.5) is 15.8 Å². The minimum atomic E-state index is -3.82. The maximum atomic E-state index is 14.8. The largest absolute Gasteiger partial charge is 0.378 e. The highest BCUT2D eigenvalue weighted by molar-refractivity contribution is 7.92. The summed E-state index contributed by atoms with van der Waals surface area (Å²) >= 11 is 6.40. The normalized spacial score (nSPS) is 20.1. The molecule has 1 aliphatic carbocycles. The average Bonchev–Trinajstić information content (AvgIpc) is 3.40. The van der Waals surface area contributed by atoms with Gasteiger partial charge in [-0.1, -0.05) is 72.3 Å². The Morgan fingerprint density at radius 1 is 0.892 bits per heavy atom. The predicted molar refractivity (Wildman–Crippen MR) is 147 cm³/mol. The third-order valence-electron chi connectivity index (χ3n) is 7.20. The van der Waals surface area contributed by atoms with Gasteiger partial charge in [0.05, 0.1) is 10.9 Å². The fraction of sp³-hybridized carbons (Fsp3) is 0.133. The van der Waals surface area contributed by atoms with Crippen molar-refractivity contribution in [3.63, 3.8) is 0 Å². The minimum absolute atomic E-state index is 0.0262. The van der Waals surface area contributed by atoms with E-state index in [1.165, 1.54) is 6.07 Å². The first kappa shape index (κ1) is 23.8. The Hall–Kier alpha value is -3.61. The van der Waals surface area contributed by atoms with Crippen molar-refractivity contribution in [1.82, 2.24) is 0 Å². The zero-order valence-electron chi connectivity index (χ0n) is 19.7. The van der Waals surface area contributed by atoms with Crippen LogP contribution < -0.4 is 10.0 Å². The number of hydrogen-bond acceptors (Lipinski definition) is 3. The molecule has 1 heterocycles. The first-order chi connectivity index (χ1) is 17.9. The van der Waals surface area contributed by atoms with Crippen LogP contribution in [0.15, 0.2) is 108 Å². The summed E-state index contributed by atoms with van der Waals surface area (Å²) in [5.74, 6) is -0.364. The molecular weight excluding hydrogens is 507 g/mol. The zero-order valence-corrected chi connectivity index (χ0v) is 21.3. The number of sulfonamides is 1. The lowest BCUT2D eigenvalue weighted by molar-refractivity contribution is 0.413. The Labute approximate surface area is 220 Å². The average molecular weight is 531 g/mol. The van der Waals surface area contributed by atoms with E-state index in [1.54, 1.807) is 42.5 Å². The molecule has 0 radical (unpaired) electrons. The molecule has 4 aromatic rings. The molecule has 3 atom stereocenters. The van der Waals surface area contributed by atoms with Gasteiger partial charge in [0.25, 0.3) is 10.0 Å². The molecule has 0 amide bonds. The molecule has 0 saturated heterocycles. The van der Waals surface area contributed by atoms with Crippen molar-refractivity contribution < 1.29 is 12.8 Å². The molecular formula is C30H24ClFN2O2S. The first-order valence-electron chi connectivity index (χ1n) is 12.1. The predicted octanol–water partition coefficient (Wildman–Crippen LogP) is 7.77. The van der Waals surface area contributed by atoms with E-state index in [2.05, 4.69) is 22.2 Å². The number of allylic oxidation sites excluding steroid dienone is 2. The Bertz CT molecular complexity index is 1580. The van der Waals surface area contributed by atoms with Gasteiger partial charge in [-0.05, 0) is 71.5 Å². The highest BCUT2D eigenvalue weighted by atomic mass is 35.5. The number of nitrogens with one attached hydrogen (secondary N) is 2. The Morgan fingerprint density at radius 2 is 1.65 bits per heavy atom. The monoisotopic (exact) mass is 530 g/mol. The second-order valence-corrected chi connectivity index (χ2v) is 11.5. The van der Waals surface area contributed by atoms with Crippen molar-refractivity contribution in [2.24, 2.45) is 5.92 Å². The fourth-order valence-electron chi connectivity index (χ4n) is 5.41. The number of rotatable bonds is 5. The molecule has 186 valence electrons. The first-order valence-corrected chi connectivity index (χ1v) is 14.0. The van der Waals surface area contributed by atoms with E-state index in [0.29, 0.717) is 16.3 Å². The second kappa shape index (κ2) is 9.36. The zero-order chi connectivity index (χ0) is 25.6. The van der Waals surface area contributed by atoms with Crippen LogP contribution in [0.1, 0.15) is 29.5 Å². The summed E-state index contributed by atoms with van der Waals surface area (Å²) in [5.41, 5.74) is 4.67. The van der Waals surface area contributed by atoms with Crippen LogP contribution in [0.25, 0.3) is 11.1 Å². The number of anilines is 2. The molecule has 0 fully saturated rings. The number of fused-ring (bicyclic) bond motifs is 3. The van der Waals surface area contributed by atoms with Gasteiger partial charge in [0.15, 0.2) is 0 Å². The maximum Gasteiger partial charge on any atom is 0.261 e. The van der Waals surface area contributed by atoms with Crippen LogP contribution in [0.2, 0.25) is 5.02 Å².